The van der Waals surface area contributed by atoms with Crippen LogP contribution in [-0.4, -0.2) is 26.5 Å². The lowest BCUT2D eigenvalue weighted by atomic mass is 10.4. The van der Waals surface area contributed by atoms with Crippen molar-refractivity contribution in [3.05, 3.63) is 18.2 Å². The van der Waals surface area contributed by atoms with Gasteiger partial charge in [-0.1, -0.05) is 5.16 Å². The van der Waals surface area contributed by atoms with Gasteiger partial charge in [-0.3, -0.25) is 4.79 Å². The van der Waals surface area contributed by atoms with Gasteiger partial charge in [0.1, 0.15) is 11.7 Å². The quantitative estimate of drug-likeness (QED) is 0.261. The Bertz CT molecular complexity index is 371. The van der Waals surface area contributed by atoms with E-state index in [-0.39, 0.29) is 18.2 Å². The van der Waals surface area contributed by atoms with Crippen molar-refractivity contribution in [1.82, 2.24) is 14.9 Å². The summed E-state index contributed by atoms with van der Waals surface area (Å²) in [7, 11) is 1.83. The molecule has 0 saturated carbocycles. The van der Waals surface area contributed by atoms with Crippen LogP contribution in [0.2, 0.25) is 0 Å². The van der Waals surface area contributed by atoms with E-state index in [1.165, 1.54) is 0 Å². The zero-order valence-electron chi connectivity index (χ0n) is 8.34. The van der Waals surface area contributed by atoms with Crippen molar-refractivity contribution in [2.24, 2.45) is 17.9 Å². The van der Waals surface area contributed by atoms with E-state index >= 15 is 0 Å². The van der Waals surface area contributed by atoms with Gasteiger partial charge in [0.2, 0.25) is 5.91 Å². The highest BCUT2D eigenvalue weighted by Crippen LogP contribution is 1.93. The molecule has 0 radical (unpaired) electrons. The number of carbonyl (C=O) groups is 1. The van der Waals surface area contributed by atoms with Crippen LogP contribution < -0.4 is 11.1 Å². The number of imidazole rings is 1. The van der Waals surface area contributed by atoms with Gasteiger partial charge in [-0.15, -0.1) is 0 Å². The topological polar surface area (TPSA) is 106 Å². The Kier molecular flexibility index (Phi) is 3.67. The van der Waals surface area contributed by atoms with E-state index in [1.807, 2.05) is 7.05 Å². The minimum Gasteiger partial charge on any atom is -0.409 e. The van der Waals surface area contributed by atoms with Crippen LogP contribution in [0, 0.1) is 0 Å². The maximum atomic E-state index is 11.2. The molecule has 0 saturated heterocycles. The number of nitrogens with zero attached hydrogens (tertiary/aromatic N) is 3. The van der Waals surface area contributed by atoms with Crippen molar-refractivity contribution < 1.29 is 10.0 Å². The first-order valence-corrected chi connectivity index (χ1v) is 4.32. The zero-order chi connectivity index (χ0) is 11.3. The van der Waals surface area contributed by atoms with Crippen molar-refractivity contribution >= 4 is 11.7 Å². The number of nitrogens with one attached hydrogen (secondary N) is 1. The van der Waals surface area contributed by atoms with E-state index in [9.17, 15) is 4.79 Å². The summed E-state index contributed by atoms with van der Waals surface area (Å²) in [6.07, 6.45) is 3.30. The minimum atomic E-state index is -0.312. The van der Waals surface area contributed by atoms with Gasteiger partial charge < -0.3 is 20.8 Å². The summed E-state index contributed by atoms with van der Waals surface area (Å²) in [4.78, 5) is 15.2. The first-order valence-electron chi connectivity index (χ1n) is 4.32. The summed E-state index contributed by atoms with van der Waals surface area (Å²) in [5.74, 6) is 0.309. The monoisotopic (exact) mass is 211 g/mol. The predicted octanol–water partition coefficient (Wildman–Crippen LogP) is -0.827. The molecule has 0 aliphatic heterocycles. The standard InChI is InChI=1S/C8H13N5O2/c1-13-3-2-10-7(13)5-11-8(14)4-6(9)12-15/h2-3,15H,4-5H2,1H3,(H2,9,12)(H,11,14). The molecule has 0 bridgehead atoms. The highest BCUT2D eigenvalue weighted by molar-refractivity contribution is 5.98. The Labute approximate surface area is 86.6 Å². The molecule has 0 fully saturated rings. The molecule has 0 aliphatic rings. The number of amidine groups is 1. The van der Waals surface area contributed by atoms with Crippen LogP contribution in [0.5, 0.6) is 0 Å². The van der Waals surface area contributed by atoms with Crippen molar-refractivity contribution in [3.8, 4) is 0 Å². The highest BCUT2D eigenvalue weighted by Gasteiger charge is 2.06. The highest BCUT2D eigenvalue weighted by atomic mass is 16.4. The average molecular weight is 211 g/mol. The fourth-order valence-electron chi connectivity index (χ4n) is 1.01. The van der Waals surface area contributed by atoms with E-state index in [0.29, 0.717) is 6.54 Å². The maximum absolute atomic E-state index is 11.2. The van der Waals surface area contributed by atoms with Crippen LogP contribution in [0.25, 0.3) is 0 Å². The third kappa shape index (κ3) is 3.29. The normalized spacial score (nSPS) is 11.4. The van der Waals surface area contributed by atoms with Crippen LogP contribution in [0.4, 0.5) is 0 Å². The Hall–Kier alpha value is -2.05. The number of hydrogen-bond acceptors (Lipinski definition) is 4. The molecule has 15 heavy (non-hydrogen) atoms. The molecule has 0 atom stereocenters. The molecule has 4 N–H and O–H groups in total. The lowest BCUT2D eigenvalue weighted by Crippen LogP contribution is -2.29. The number of amides is 1. The Morgan fingerprint density at radius 3 is 3.07 bits per heavy atom. The van der Waals surface area contributed by atoms with Gasteiger partial charge in [0.15, 0.2) is 0 Å². The van der Waals surface area contributed by atoms with Crippen molar-refractivity contribution in [1.29, 1.82) is 0 Å². The maximum Gasteiger partial charge on any atom is 0.228 e. The minimum absolute atomic E-state index is 0.118. The molecule has 0 aromatic carbocycles. The molecule has 7 heteroatoms. The first-order chi connectivity index (χ1) is 7.13. The number of oxime groups is 1. The summed E-state index contributed by atoms with van der Waals surface area (Å²) in [6, 6.07) is 0. The van der Waals surface area contributed by atoms with Crippen LogP contribution >= 0.6 is 0 Å². The Morgan fingerprint density at radius 1 is 1.80 bits per heavy atom. The summed E-state index contributed by atoms with van der Waals surface area (Å²) in [5, 5.41) is 13.5. The van der Waals surface area contributed by atoms with E-state index in [2.05, 4.69) is 15.5 Å². The lowest BCUT2D eigenvalue weighted by molar-refractivity contribution is -0.120. The number of carbonyl (C=O) groups excluding carboxylic acids is 1. The zero-order valence-corrected chi connectivity index (χ0v) is 8.34. The van der Waals surface area contributed by atoms with Crippen LogP contribution in [0.15, 0.2) is 17.5 Å². The summed E-state index contributed by atoms with van der Waals surface area (Å²) in [5.41, 5.74) is 5.17. The molecule has 0 unspecified atom stereocenters. The third-order valence-electron chi connectivity index (χ3n) is 1.83. The van der Waals surface area contributed by atoms with E-state index in [4.69, 9.17) is 10.9 Å². The van der Waals surface area contributed by atoms with Crippen LogP contribution in [0.3, 0.4) is 0 Å². The largest absolute Gasteiger partial charge is 0.409 e. The molecule has 1 aromatic heterocycles. The lowest BCUT2D eigenvalue weighted by Gasteiger charge is -2.04. The predicted molar refractivity (Wildman–Crippen MR) is 53.1 cm³/mol. The second-order valence-electron chi connectivity index (χ2n) is 3.00. The molecule has 7 nitrogen and oxygen atoms in total. The van der Waals surface area contributed by atoms with Gasteiger partial charge in [0.05, 0.1) is 13.0 Å². The van der Waals surface area contributed by atoms with E-state index < -0.39 is 0 Å². The number of aromatic nitrogens is 2. The average Bonchev–Trinajstić information content (AvgIpc) is 2.61. The number of rotatable bonds is 4. The van der Waals surface area contributed by atoms with Gasteiger partial charge in [0.25, 0.3) is 0 Å². The van der Waals surface area contributed by atoms with Crippen LogP contribution in [-0.2, 0) is 18.4 Å². The molecular formula is C8H13N5O2. The summed E-state index contributed by atoms with van der Waals surface area (Å²) >= 11 is 0. The first kappa shape index (κ1) is 11.0. The number of nitrogens with two attached hydrogens (primary N) is 1. The second kappa shape index (κ2) is 4.99. The van der Waals surface area contributed by atoms with Gasteiger partial charge in [-0.2, -0.15) is 0 Å². The van der Waals surface area contributed by atoms with Gasteiger partial charge >= 0.3 is 0 Å². The SMILES string of the molecule is Cn1ccnc1CNC(=O)CC(N)=NO. The van der Waals surface area contributed by atoms with Gasteiger partial charge in [-0.05, 0) is 0 Å². The molecule has 1 heterocycles. The van der Waals surface area contributed by atoms with Gasteiger partial charge in [0, 0.05) is 19.4 Å². The number of aryl methyl sites for hydroxylation is 1. The molecule has 1 rings (SSSR count). The number of hydrogen-bond donors (Lipinski definition) is 3. The van der Waals surface area contributed by atoms with Crippen molar-refractivity contribution in [2.45, 2.75) is 13.0 Å². The molecule has 82 valence electrons. The summed E-state index contributed by atoms with van der Waals surface area (Å²) in [6.45, 7) is 0.320. The second-order valence-corrected chi connectivity index (χ2v) is 3.00. The fourth-order valence-corrected chi connectivity index (χ4v) is 1.01. The van der Waals surface area contributed by atoms with Gasteiger partial charge in [-0.25, -0.2) is 4.98 Å². The Morgan fingerprint density at radius 2 is 2.53 bits per heavy atom. The van der Waals surface area contributed by atoms with Crippen LogP contribution in [0.1, 0.15) is 12.2 Å². The third-order valence-corrected chi connectivity index (χ3v) is 1.83. The molecule has 0 aliphatic carbocycles. The smallest absolute Gasteiger partial charge is 0.228 e. The van der Waals surface area contributed by atoms with Crippen molar-refractivity contribution in [2.75, 3.05) is 0 Å². The Balaban J connectivity index is 2.38. The van der Waals surface area contributed by atoms with E-state index in [1.54, 1.807) is 17.0 Å². The van der Waals surface area contributed by atoms with Crippen molar-refractivity contribution in [3.63, 3.8) is 0 Å². The molecule has 0 spiro atoms. The molecular weight excluding hydrogens is 198 g/mol. The summed E-state index contributed by atoms with van der Waals surface area (Å²) < 4.78 is 1.80. The molecule has 1 amide bonds. The molecule has 1 aromatic rings. The fraction of sp³-hybridized carbons (Fsp3) is 0.375. The van der Waals surface area contributed by atoms with E-state index in [0.717, 1.165) is 5.82 Å².